The van der Waals surface area contributed by atoms with Gasteiger partial charge in [-0.3, -0.25) is 20.3 Å². The smallest absolute Gasteiger partial charge is 0.270 e. The highest BCUT2D eigenvalue weighted by Gasteiger charge is 2.24. The van der Waals surface area contributed by atoms with Gasteiger partial charge in [0.25, 0.3) is 15.7 Å². The van der Waals surface area contributed by atoms with E-state index in [1.54, 1.807) is 25.1 Å². The van der Waals surface area contributed by atoms with E-state index < -0.39 is 14.9 Å². The molecule has 0 aliphatic heterocycles. The lowest BCUT2D eigenvalue weighted by Gasteiger charge is -2.14. The Morgan fingerprint density at radius 1 is 1.03 bits per heavy atom. The first-order valence-corrected chi connectivity index (χ1v) is 11.5. The summed E-state index contributed by atoms with van der Waals surface area (Å²) in [6, 6.07) is 19.1. The number of furan rings is 1. The fourth-order valence-electron chi connectivity index (χ4n) is 3.23. The van der Waals surface area contributed by atoms with Crippen molar-refractivity contribution >= 4 is 43.8 Å². The van der Waals surface area contributed by atoms with Crippen molar-refractivity contribution in [1.29, 1.82) is 0 Å². The number of para-hydroxylation sites is 3. The van der Waals surface area contributed by atoms with Crippen molar-refractivity contribution in [3.63, 3.8) is 0 Å². The van der Waals surface area contributed by atoms with Crippen molar-refractivity contribution in [1.82, 2.24) is 0 Å². The summed E-state index contributed by atoms with van der Waals surface area (Å²) in [5.41, 5.74) is 3.68. The highest BCUT2D eigenvalue weighted by molar-refractivity contribution is 7.93. The molecular weight excluding hydrogens is 460 g/mol. The fraction of sp³-hybridized carbons (Fsp3) is 0.0870. The van der Waals surface area contributed by atoms with Crippen molar-refractivity contribution in [2.75, 3.05) is 17.3 Å². The molecule has 0 aliphatic rings. The van der Waals surface area contributed by atoms with E-state index in [-0.39, 0.29) is 22.0 Å². The van der Waals surface area contributed by atoms with Crippen LogP contribution in [0.5, 0.6) is 5.75 Å². The Hall–Kier alpha value is -4.38. The second kappa shape index (κ2) is 9.24. The van der Waals surface area contributed by atoms with E-state index in [0.29, 0.717) is 22.8 Å². The number of hydrogen-bond donors (Lipinski definition) is 2. The van der Waals surface area contributed by atoms with Gasteiger partial charge in [0, 0.05) is 17.5 Å². The number of fused-ring (bicyclic) bond motifs is 1. The second-order valence-electron chi connectivity index (χ2n) is 7.20. The van der Waals surface area contributed by atoms with Crippen LogP contribution in [0.4, 0.5) is 17.1 Å². The van der Waals surface area contributed by atoms with Crippen LogP contribution in [0.25, 0.3) is 11.0 Å². The standard InChI is InChI=1S/C23H20N4O6S/c1-15(22-13-16-7-3-5-9-20(16)33-22)24-25-19-12-11-17(27(28)29)14-23(19)34(30,31)26-18-8-4-6-10-21(18)32-2/h3-14,25-26H,1-2H3. The first-order valence-electron chi connectivity index (χ1n) is 10.0. The highest BCUT2D eigenvalue weighted by atomic mass is 32.2. The minimum absolute atomic E-state index is 0.0449. The molecule has 0 atom stereocenters. The van der Waals surface area contributed by atoms with Crippen molar-refractivity contribution in [2.45, 2.75) is 11.8 Å². The Balaban J connectivity index is 1.70. The molecule has 3 aromatic carbocycles. The molecule has 0 fully saturated rings. The molecule has 0 aliphatic carbocycles. The number of nitro benzene ring substituents is 1. The van der Waals surface area contributed by atoms with Gasteiger partial charge in [-0.25, -0.2) is 8.42 Å². The molecule has 0 bridgehead atoms. The van der Waals surface area contributed by atoms with Crippen molar-refractivity contribution < 1.29 is 22.5 Å². The monoisotopic (exact) mass is 480 g/mol. The van der Waals surface area contributed by atoms with Crippen LogP contribution in [0, 0.1) is 10.1 Å². The number of rotatable bonds is 8. The predicted molar refractivity (Wildman–Crippen MR) is 129 cm³/mol. The van der Waals surface area contributed by atoms with Gasteiger partial charge in [0.1, 0.15) is 21.9 Å². The van der Waals surface area contributed by atoms with Crippen LogP contribution in [0.2, 0.25) is 0 Å². The minimum Gasteiger partial charge on any atom is -0.495 e. The quantitative estimate of drug-likeness (QED) is 0.206. The van der Waals surface area contributed by atoms with Gasteiger partial charge in [0.05, 0.1) is 23.4 Å². The molecule has 0 amide bonds. The maximum Gasteiger partial charge on any atom is 0.270 e. The molecule has 174 valence electrons. The van der Waals surface area contributed by atoms with Gasteiger partial charge in [-0.15, -0.1) is 0 Å². The average Bonchev–Trinajstić information content (AvgIpc) is 3.27. The number of nitrogens with zero attached hydrogens (tertiary/aromatic N) is 2. The summed E-state index contributed by atoms with van der Waals surface area (Å²) in [5, 5.41) is 16.4. The van der Waals surface area contributed by atoms with Gasteiger partial charge in [0.2, 0.25) is 0 Å². The first-order chi connectivity index (χ1) is 16.3. The van der Waals surface area contributed by atoms with E-state index >= 15 is 0 Å². The average molecular weight is 481 g/mol. The maximum absolute atomic E-state index is 13.2. The number of ether oxygens (including phenoxy) is 1. The molecule has 1 aromatic heterocycles. The van der Waals surface area contributed by atoms with E-state index in [9.17, 15) is 18.5 Å². The van der Waals surface area contributed by atoms with E-state index in [0.717, 1.165) is 11.5 Å². The summed E-state index contributed by atoms with van der Waals surface area (Å²) in [6.07, 6.45) is 0. The Bertz CT molecular complexity index is 1480. The molecule has 1 heterocycles. The number of nitro groups is 1. The van der Waals surface area contributed by atoms with Crippen LogP contribution in [0.3, 0.4) is 0 Å². The van der Waals surface area contributed by atoms with Crippen LogP contribution in [0.1, 0.15) is 12.7 Å². The summed E-state index contributed by atoms with van der Waals surface area (Å²) in [6.45, 7) is 1.69. The van der Waals surface area contributed by atoms with Gasteiger partial charge in [-0.2, -0.15) is 5.10 Å². The largest absolute Gasteiger partial charge is 0.495 e. The lowest BCUT2D eigenvalue weighted by Crippen LogP contribution is -2.16. The Morgan fingerprint density at radius 3 is 2.50 bits per heavy atom. The number of sulfonamides is 1. The van der Waals surface area contributed by atoms with Crippen molar-refractivity contribution in [3.05, 3.63) is 88.7 Å². The van der Waals surface area contributed by atoms with Gasteiger partial charge >= 0.3 is 0 Å². The number of methoxy groups -OCH3 is 1. The van der Waals surface area contributed by atoms with Gasteiger partial charge < -0.3 is 9.15 Å². The van der Waals surface area contributed by atoms with Gasteiger partial charge in [0.15, 0.2) is 5.76 Å². The molecule has 0 saturated heterocycles. The number of benzene rings is 3. The van der Waals surface area contributed by atoms with Crippen LogP contribution in [0.15, 0.2) is 87.2 Å². The summed E-state index contributed by atoms with van der Waals surface area (Å²) in [4.78, 5) is 10.3. The molecule has 0 spiro atoms. The minimum atomic E-state index is -4.26. The van der Waals surface area contributed by atoms with E-state index in [2.05, 4.69) is 15.2 Å². The summed E-state index contributed by atoms with van der Waals surface area (Å²) in [5.74, 6) is 0.789. The second-order valence-corrected chi connectivity index (χ2v) is 8.85. The van der Waals surface area contributed by atoms with Crippen molar-refractivity contribution in [2.24, 2.45) is 5.10 Å². The van der Waals surface area contributed by atoms with Crippen LogP contribution in [-0.2, 0) is 10.0 Å². The maximum atomic E-state index is 13.2. The fourth-order valence-corrected chi connectivity index (χ4v) is 4.47. The van der Waals surface area contributed by atoms with Gasteiger partial charge in [-0.05, 0) is 37.3 Å². The molecule has 0 saturated carbocycles. The summed E-state index contributed by atoms with van der Waals surface area (Å²) < 4.78 is 39.8. The van der Waals surface area contributed by atoms with Gasteiger partial charge in [-0.1, -0.05) is 30.3 Å². The van der Waals surface area contributed by atoms with E-state index in [1.165, 1.54) is 25.3 Å². The number of hydrogen-bond acceptors (Lipinski definition) is 8. The SMILES string of the molecule is COc1ccccc1NS(=O)(=O)c1cc([N+](=O)[O-])ccc1NN=C(C)c1cc2ccccc2o1. The number of hydrazone groups is 1. The Labute approximate surface area is 195 Å². The van der Waals surface area contributed by atoms with E-state index in [4.69, 9.17) is 9.15 Å². The van der Waals surface area contributed by atoms with Crippen LogP contribution < -0.4 is 14.9 Å². The third kappa shape index (κ3) is 4.69. The molecule has 0 radical (unpaired) electrons. The summed E-state index contributed by atoms with van der Waals surface area (Å²) in [7, 11) is -2.85. The molecule has 0 unspecified atom stereocenters. The molecule has 11 heteroatoms. The zero-order valence-corrected chi connectivity index (χ0v) is 19.0. The third-order valence-electron chi connectivity index (χ3n) is 4.94. The first kappa shape index (κ1) is 22.8. The number of nitrogens with one attached hydrogen (secondary N) is 2. The normalized spacial score (nSPS) is 11.9. The summed E-state index contributed by atoms with van der Waals surface area (Å²) >= 11 is 0. The third-order valence-corrected chi connectivity index (χ3v) is 6.35. The molecular formula is C23H20N4O6S. The lowest BCUT2D eigenvalue weighted by molar-refractivity contribution is -0.385. The molecule has 10 nitrogen and oxygen atoms in total. The van der Waals surface area contributed by atoms with E-state index in [1.807, 2.05) is 30.3 Å². The molecule has 4 aromatic rings. The zero-order valence-electron chi connectivity index (χ0n) is 18.2. The Kier molecular flexibility index (Phi) is 6.19. The zero-order chi connectivity index (χ0) is 24.3. The molecule has 4 rings (SSSR count). The topological polar surface area (TPSA) is 136 Å². The van der Waals surface area contributed by atoms with Crippen LogP contribution >= 0.6 is 0 Å². The molecule has 2 N–H and O–H groups in total. The van der Waals surface area contributed by atoms with Crippen molar-refractivity contribution in [3.8, 4) is 5.75 Å². The Morgan fingerprint density at radius 2 is 1.76 bits per heavy atom. The number of anilines is 2. The predicted octanol–water partition coefficient (Wildman–Crippen LogP) is 4.99. The van der Waals surface area contributed by atoms with Crippen LogP contribution in [-0.4, -0.2) is 26.2 Å². The lowest BCUT2D eigenvalue weighted by atomic mass is 10.2. The highest BCUT2D eigenvalue weighted by Crippen LogP contribution is 2.31. The number of non-ortho nitro benzene ring substituents is 1. The molecule has 34 heavy (non-hydrogen) atoms.